The summed E-state index contributed by atoms with van der Waals surface area (Å²) in [5, 5.41) is 3.92. The summed E-state index contributed by atoms with van der Waals surface area (Å²) in [6.45, 7) is 2.63. The summed E-state index contributed by atoms with van der Waals surface area (Å²) in [5.41, 5.74) is 6.67. The molecule has 126 valence electrons. The largest absolute Gasteiger partial charge is 0.395 e. The number of nitrogen functional groups attached to an aromatic ring is 1. The summed E-state index contributed by atoms with van der Waals surface area (Å²) >= 11 is 0. The van der Waals surface area contributed by atoms with Crippen molar-refractivity contribution < 1.29 is 17.6 Å². The van der Waals surface area contributed by atoms with Crippen LogP contribution in [0.25, 0.3) is 16.9 Å². The molecule has 0 spiro atoms. The quantitative estimate of drug-likeness (QED) is 0.726. The van der Waals surface area contributed by atoms with E-state index in [9.17, 15) is 17.6 Å². The maximum Gasteiger partial charge on any atom is 0.395 e. The van der Waals surface area contributed by atoms with E-state index in [1.807, 2.05) is 0 Å². The van der Waals surface area contributed by atoms with Crippen LogP contribution >= 0.6 is 0 Å². The fraction of sp³-hybridized carbons (Fsp3) is 0.267. The molecular weight excluding hydrogens is 326 g/mol. The van der Waals surface area contributed by atoms with E-state index >= 15 is 0 Å². The van der Waals surface area contributed by atoms with Gasteiger partial charge in [-0.1, -0.05) is 0 Å². The van der Waals surface area contributed by atoms with Crippen LogP contribution in [0.4, 0.5) is 23.5 Å². The lowest BCUT2D eigenvalue weighted by molar-refractivity contribution is -0.146. The molecule has 0 aliphatic heterocycles. The Hall–Kier alpha value is -2.71. The van der Waals surface area contributed by atoms with Crippen molar-refractivity contribution >= 4 is 11.5 Å². The number of anilines is 1. The van der Waals surface area contributed by atoms with E-state index in [1.54, 1.807) is 6.92 Å². The van der Waals surface area contributed by atoms with Crippen LogP contribution < -0.4 is 5.73 Å². The van der Waals surface area contributed by atoms with Crippen LogP contribution in [-0.2, 0) is 0 Å². The predicted molar refractivity (Wildman–Crippen MR) is 79.8 cm³/mol. The highest BCUT2D eigenvalue weighted by atomic mass is 19.4. The number of alkyl halides is 3. The fourth-order valence-corrected chi connectivity index (χ4v) is 2.48. The number of fused-ring (bicyclic) bond motifs is 1. The molecule has 0 aromatic carbocycles. The van der Waals surface area contributed by atoms with Crippen LogP contribution in [0, 0.1) is 12.7 Å². The van der Waals surface area contributed by atoms with E-state index in [0.717, 1.165) is 13.1 Å². The number of hydrogen-bond acceptors (Lipinski definition) is 4. The molecule has 3 heterocycles. The van der Waals surface area contributed by atoms with Gasteiger partial charge < -0.3 is 5.73 Å². The smallest absolute Gasteiger partial charge is 0.367 e. The van der Waals surface area contributed by atoms with E-state index in [1.165, 1.54) is 22.8 Å². The van der Waals surface area contributed by atoms with Gasteiger partial charge in [-0.25, -0.2) is 13.9 Å². The maximum absolute atomic E-state index is 14.0. The number of aryl methyl sites for hydroxylation is 1. The lowest BCUT2D eigenvalue weighted by atomic mass is 9.97. The standard InChI is InChI=1S/C15H13F4N5/c1-7-3-11(21-5-9(7)8(2)15(17,18)19)12-4-10(16)13-6-22-14(20)23-24(12)13/h3-6,8H,1-2H3,(H2,20,23). The van der Waals surface area contributed by atoms with Crippen LogP contribution in [0.15, 0.2) is 24.5 Å². The van der Waals surface area contributed by atoms with E-state index in [0.29, 0.717) is 11.3 Å². The molecule has 0 saturated heterocycles. The molecule has 3 aromatic heterocycles. The molecule has 0 radical (unpaired) electrons. The zero-order valence-corrected chi connectivity index (χ0v) is 12.8. The molecule has 0 fully saturated rings. The first-order chi connectivity index (χ1) is 11.2. The summed E-state index contributed by atoms with van der Waals surface area (Å²) in [7, 11) is 0. The van der Waals surface area contributed by atoms with Gasteiger partial charge in [0, 0.05) is 12.3 Å². The normalized spacial score (nSPS) is 13.4. The molecule has 0 saturated carbocycles. The first-order valence-corrected chi connectivity index (χ1v) is 7.02. The van der Waals surface area contributed by atoms with Crippen molar-refractivity contribution in [3.63, 3.8) is 0 Å². The third kappa shape index (κ3) is 2.66. The molecule has 0 aliphatic rings. The molecule has 1 unspecified atom stereocenters. The monoisotopic (exact) mass is 339 g/mol. The van der Waals surface area contributed by atoms with Gasteiger partial charge in [0.25, 0.3) is 0 Å². The number of hydrogen-bond donors (Lipinski definition) is 1. The van der Waals surface area contributed by atoms with Crippen molar-refractivity contribution in [3.8, 4) is 11.4 Å². The third-order valence-electron chi connectivity index (χ3n) is 3.86. The molecule has 3 aromatic rings. The Kier molecular flexibility index (Phi) is 3.66. The molecule has 0 amide bonds. The van der Waals surface area contributed by atoms with Gasteiger partial charge in [0.1, 0.15) is 5.52 Å². The van der Waals surface area contributed by atoms with Crippen molar-refractivity contribution in [3.05, 3.63) is 41.5 Å². The Bertz CT molecular complexity index is 916. The second kappa shape index (κ2) is 5.43. The fourth-order valence-electron chi connectivity index (χ4n) is 2.48. The average molecular weight is 339 g/mol. The van der Waals surface area contributed by atoms with Crippen molar-refractivity contribution in [2.75, 3.05) is 5.73 Å². The van der Waals surface area contributed by atoms with Gasteiger partial charge in [-0.3, -0.25) is 4.98 Å². The summed E-state index contributed by atoms with van der Waals surface area (Å²) < 4.78 is 53.8. The van der Waals surface area contributed by atoms with Crippen LogP contribution in [0.2, 0.25) is 0 Å². The molecule has 24 heavy (non-hydrogen) atoms. The van der Waals surface area contributed by atoms with Crippen LogP contribution in [0.1, 0.15) is 24.0 Å². The van der Waals surface area contributed by atoms with Gasteiger partial charge in [-0.2, -0.15) is 13.2 Å². The Morgan fingerprint density at radius 2 is 1.88 bits per heavy atom. The van der Waals surface area contributed by atoms with Gasteiger partial charge in [-0.15, -0.1) is 5.10 Å². The van der Waals surface area contributed by atoms with Gasteiger partial charge in [0.2, 0.25) is 5.95 Å². The van der Waals surface area contributed by atoms with E-state index in [-0.39, 0.29) is 22.7 Å². The Morgan fingerprint density at radius 1 is 1.17 bits per heavy atom. The predicted octanol–water partition coefficient (Wildman–Crippen LogP) is 3.49. The highest BCUT2D eigenvalue weighted by Crippen LogP contribution is 2.36. The van der Waals surface area contributed by atoms with Gasteiger partial charge >= 0.3 is 6.18 Å². The zero-order valence-electron chi connectivity index (χ0n) is 12.8. The molecule has 2 N–H and O–H groups in total. The minimum absolute atomic E-state index is 0.0571. The average Bonchev–Trinajstić information content (AvgIpc) is 2.82. The van der Waals surface area contributed by atoms with E-state index in [4.69, 9.17) is 5.73 Å². The summed E-state index contributed by atoms with van der Waals surface area (Å²) in [4.78, 5) is 7.77. The van der Waals surface area contributed by atoms with Crippen LogP contribution in [-0.4, -0.2) is 25.8 Å². The molecular formula is C15H13F4N5. The lowest BCUT2D eigenvalue weighted by Crippen LogP contribution is -2.19. The number of pyridine rings is 1. The first kappa shape index (κ1) is 16.2. The van der Waals surface area contributed by atoms with Gasteiger partial charge in [0.15, 0.2) is 5.82 Å². The van der Waals surface area contributed by atoms with Crippen molar-refractivity contribution in [1.29, 1.82) is 0 Å². The lowest BCUT2D eigenvalue weighted by Gasteiger charge is -2.18. The molecule has 1 atom stereocenters. The minimum atomic E-state index is -4.36. The number of aromatic nitrogens is 4. The number of halogens is 4. The van der Waals surface area contributed by atoms with Gasteiger partial charge in [-0.05, 0) is 31.0 Å². The Labute approximate surface area is 134 Å². The third-order valence-corrected chi connectivity index (χ3v) is 3.86. The van der Waals surface area contributed by atoms with E-state index in [2.05, 4.69) is 15.1 Å². The Balaban J connectivity index is 2.12. The molecule has 5 nitrogen and oxygen atoms in total. The van der Waals surface area contributed by atoms with Crippen LogP contribution in [0.5, 0.6) is 0 Å². The zero-order chi connectivity index (χ0) is 17.6. The number of rotatable bonds is 2. The van der Waals surface area contributed by atoms with E-state index < -0.39 is 17.9 Å². The van der Waals surface area contributed by atoms with Crippen LogP contribution in [0.3, 0.4) is 0 Å². The molecule has 0 bridgehead atoms. The first-order valence-electron chi connectivity index (χ1n) is 7.02. The highest BCUT2D eigenvalue weighted by molar-refractivity contribution is 5.65. The number of nitrogens with two attached hydrogens (primary N) is 1. The van der Waals surface area contributed by atoms with Gasteiger partial charge in [0.05, 0.1) is 23.5 Å². The topological polar surface area (TPSA) is 69.1 Å². The summed E-state index contributed by atoms with van der Waals surface area (Å²) in [6, 6.07) is 2.66. The second-order valence-electron chi connectivity index (χ2n) is 5.48. The molecule has 3 rings (SSSR count). The number of nitrogens with zero attached hydrogens (tertiary/aromatic N) is 4. The summed E-state index contributed by atoms with van der Waals surface area (Å²) in [5.74, 6) is -2.27. The van der Waals surface area contributed by atoms with Crippen molar-refractivity contribution in [2.45, 2.75) is 25.9 Å². The molecule has 9 heteroatoms. The van der Waals surface area contributed by atoms with Crippen molar-refractivity contribution in [1.82, 2.24) is 19.6 Å². The highest BCUT2D eigenvalue weighted by Gasteiger charge is 2.38. The second-order valence-corrected chi connectivity index (χ2v) is 5.48. The Morgan fingerprint density at radius 3 is 2.50 bits per heavy atom. The van der Waals surface area contributed by atoms with Crippen molar-refractivity contribution in [2.24, 2.45) is 0 Å². The minimum Gasteiger partial charge on any atom is -0.367 e. The maximum atomic E-state index is 14.0. The molecule has 0 aliphatic carbocycles. The SMILES string of the molecule is Cc1cc(-c2cc(F)c3cnc(N)nn23)ncc1C(C)C(F)(F)F. The summed E-state index contributed by atoms with van der Waals surface area (Å²) in [6.07, 6.45) is -1.97.